The molecule has 9 aromatic rings. The first-order valence-electron chi connectivity index (χ1n) is 14.5. The normalized spacial score (nSPS) is 11.7. The maximum Gasteiger partial charge on any atom is 0.160 e. The molecule has 0 spiro atoms. The average Bonchev–Trinajstić information content (AvgIpc) is 3.47. The minimum Gasteiger partial charge on any atom is -0.456 e. The second-order valence-corrected chi connectivity index (χ2v) is 11.0. The molecule has 3 heteroatoms. The van der Waals surface area contributed by atoms with Gasteiger partial charge in [0.15, 0.2) is 5.82 Å². The van der Waals surface area contributed by atoms with E-state index in [4.69, 9.17) is 14.4 Å². The fourth-order valence-electron chi connectivity index (χ4n) is 6.43. The topological polar surface area (TPSA) is 38.9 Å². The monoisotopic (exact) mass is 548 g/mol. The van der Waals surface area contributed by atoms with Crippen LogP contribution in [0.25, 0.3) is 88.5 Å². The Morgan fingerprint density at radius 3 is 1.72 bits per heavy atom. The van der Waals surface area contributed by atoms with Crippen molar-refractivity contribution in [3.63, 3.8) is 0 Å². The highest BCUT2D eigenvalue weighted by Crippen LogP contribution is 2.44. The van der Waals surface area contributed by atoms with Gasteiger partial charge in [-0.05, 0) is 63.0 Å². The minimum absolute atomic E-state index is 0.694. The number of hydrogen-bond acceptors (Lipinski definition) is 3. The zero-order valence-corrected chi connectivity index (χ0v) is 23.2. The lowest BCUT2D eigenvalue weighted by Crippen LogP contribution is -1.96. The van der Waals surface area contributed by atoms with Crippen molar-refractivity contribution in [3.05, 3.63) is 146 Å². The molecule has 2 heterocycles. The van der Waals surface area contributed by atoms with E-state index in [2.05, 4.69) is 121 Å². The fourth-order valence-corrected chi connectivity index (χ4v) is 6.43. The molecule has 0 saturated heterocycles. The summed E-state index contributed by atoms with van der Waals surface area (Å²) in [4.78, 5) is 10.2. The van der Waals surface area contributed by atoms with Crippen molar-refractivity contribution in [3.8, 4) is 45.0 Å². The highest BCUT2D eigenvalue weighted by atomic mass is 16.3. The minimum atomic E-state index is 0.694. The molecule has 0 unspecified atom stereocenters. The standard InChI is InChI=1S/C40H24N2O/c1-3-11-25(12-4-1)27-15-9-16-28(21-27)34-24-35(42-40(41-34)26-13-5-2-6-14-26)29-22-33-31-18-8-7-17-30(31)32-19-10-20-36-38(32)39(33)37(23-29)43-36/h1-24H. The number of furan rings is 1. The molecular formula is C40H24N2O. The first kappa shape index (κ1) is 23.9. The van der Waals surface area contributed by atoms with E-state index in [1.165, 1.54) is 37.9 Å². The molecule has 0 aliphatic carbocycles. The van der Waals surface area contributed by atoms with Crippen molar-refractivity contribution < 1.29 is 4.42 Å². The molecule has 0 bridgehead atoms. The first-order chi connectivity index (χ1) is 21.3. The molecule has 0 saturated carbocycles. The fraction of sp³-hybridized carbons (Fsp3) is 0. The van der Waals surface area contributed by atoms with Crippen LogP contribution in [0, 0.1) is 0 Å². The van der Waals surface area contributed by atoms with Crippen LogP contribution < -0.4 is 0 Å². The predicted octanol–water partition coefficient (Wildman–Crippen LogP) is 10.8. The van der Waals surface area contributed by atoms with Gasteiger partial charge in [0.25, 0.3) is 0 Å². The lowest BCUT2D eigenvalue weighted by Gasteiger charge is -2.12. The third kappa shape index (κ3) is 3.83. The number of hydrogen-bond donors (Lipinski definition) is 0. The van der Waals surface area contributed by atoms with Gasteiger partial charge in [-0.15, -0.1) is 0 Å². The average molecular weight is 549 g/mol. The third-order valence-corrected chi connectivity index (χ3v) is 8.43. The smallest absolute Gasteiger partial charge is 0.160 e. The first-order valence-corrected chi connectivity index (χ1v) is 14.5. The van der Waals surface area contributed by atoms with Crippen molar-refractivity contribution in [2.24, 2.45) is 0 Å². The van der Waals surface area contributed by atoms with E-state index in [0.29, 0.717) is 5.82 Å². The Labute approximate surface area is 248 Å². The number of benzene rings is 7. The van der Waals surface area contributed by atoms with Gasteiger partial charge in [0, 0.05) is 27.5 Å². The molecule has 0 aliphatic heterocycles. The molecule has 2 aromatic heterocycles. The van der Waals surface area contributed by atoms with Crippen LogP contribution in [0.15, 0.2) is 150 Å². The van der Waals surface area contributed by atoms with Crippen molar-refractivity contribution >= 4 is 43.5 Å². The summed E-state index contributed by atoms with van der Waals surface area (Å²) >= 11 is 0. The Bertz CT molecular complexity index is 2440. The van der Waals surface area contributed by atoms with E-state index in [1.807, 2.05) is 24.3 Å². The van der Waals surface area contributed by atoms with Crippen LogP contribution >= 0.6 is 0 Å². The van der Waals surface area contributed by atoms with Gasteiger partial charge >= 0.3 is 0 Å². The molecule has 43 heavy (non-hydrogen) atoms. The van der Waals surface area contributed by atoms with E-state index in [0.717, 1.165) is 44.8 Å². The maximum atomic E-state index is 6.50. The van der Waals surface area contributed by atoms with Gasteiger partial charge in [0.2, 0.25) is 0 Å². The summed E-state index contributed by atoms with van der Waals surface area (Å²) < 4.78 is 6.50. The summed E-state index contributed by atoms with van der Waals surface area (Å²) in [7, 11) is 0. The van der Waals surface area contributed by atoms with Gasteiger partial charge in [0.05, 0.1) is 11.4 Å². The van der Waals surface area contributed by atoms with Gasteiger partial charge in [-0.2, -0.15) is 0 Å². The van der Waals surface area contributed by atoms with E-state index < -0.39 is 0 Å². The number of aromatic nitrogens is 2. The Morgan fingerprint density at radius 2 is 0.930 bits per heavy atom. The molecular weight excluding hydrogens is 524 g/mol. The third-order valence-electron chi connectivity index (χ3n) is 8.43. The maximum absolute atomic E-state index is 6.50. The highest BCUT2D eigenvalue weighted by Gasteiger charge is 2.19. The van der Waals surface area contributed by atoms with Gasteiger partial charge in [-0.25, -0.2) is 9.97 Å². The predicted molar refractivity (Wildman–Crippen MR) is 177 cm³/mol. The molecule has 9 rings (SSSR count). The van der Waals surface area contributed by atoms with Crippen LogP contribution in [0.3, 0.4) is 0 Å². The van der Waals surface area contributed by atoms with Gasteiger partial charge < -0.3 is 4.42 Å². The van der Waals surface area contributed by atoms with Crippen LogP contribution in [-0.2, 0) is 0 Å². The quantitative estimate of drug-likeness (QED) is 0.205. The van der Waals surface area contributed by atoms with Crippen LogP contribution in [-0.4, -0.2) is 9.97 Å². The zero-order valence-electron chi connectivity index (χ0n) is 23.2. The van der Waals surface area contributed by atoms with E-state index in [9.17, 15) is 0 Å². The van der Waals surface area contributed by atoms with Crippen molar-refractivity contribution in [2.75, 3.05) is 0 Å². The number of rotatable bonds is 4. The molecule has 0 N–H and O–H groups in total. The molecule has 0 amide bonds. The lowest BCUT2D eigenvalue weighted by molar-refractivity contribution is 0.669. The summed E-state index contributed by atoms with van der Waals surface area (Å²) in [5.41, 5.74) is 8.87. The Balaban J connectivity index is 1.31. The van der Waals surface area contributed by atoms with Gasteiger partial charge in [0.1, 0.15) is 11.2 Å². The van der Waals surface area contributed by atoms with Crippen LogP contribution in [0.1, 0.15) is 0 Å². The summed E-state index contributed by atoms with van der Waals surface area (Å²) in [5, 5.41) is 7.19. The molecule has 7 aromatic carbocycles. The van der Waals surface area contributed by atoms with Crippen molar-refractivity contribution in [1.29, 1.82) is 0 Å². The summed E-state index contributed by atoms with van der Waals surface area (Å²) in [6.07, 6.45) is 0. The van der Waals surface area contributed by atoms with Crippen molar-refractivity contribution in [1.82, 2.24) is 9.97 Å². The summed E-state index contributed by atoms with van der Waals surface area (Å²) in [6, 6.07) is 50.7. The number of fused-ring (bicyclic) bond motifs is 3. The van der Waals surface area contributed by atoms with Gasteiger partial charge in [-0.3, -0.25) is 0 Å². The SMILES string of the molecule is c1ccc(-c2cccc(-c3cc(-c4cc5oc6cccc7c8ccccc8c(c4)c5c67)nc(-c4ccccc4)n3)c2)cc1. The molecule has 200 valence electrons. The Hall–Kier alpha value is -5.80. The molecule has 0 radical (unpaired) electrons. The Morgan fingerprint density at radius 1 is 0.349 bits per heavy atom. The summed E-state index contributed by atoms with van der Waals surface area (Å²) in [6.45, 7) is 0. The van der Waals surface area contributed by atoms with Crippen LogP contribution in [0.4, 0.5) is 0 Å². The number of nitrogens with zero attached hydrogens (tertiary/aromatic N) is 2. The van der Waals surface area contributed by atoms with E-state index >= 15 is 0 Å². The highest BCUT2D eigenvalue weighted by molar-refractivity contribution is 6.33. The largest absolute Gasteiger partial charge is 0.456 e. The van der Waals surface area contributed by atoms with Crippen LogP contribution in [0.2, 0.25) is 0 Å². The Kier molecular flexibility index (Phi) is 5.20. The molecule has 0 aliphatic rings. The van der Waals surface area contributed by atoms with Gasteiger partial charge in [-0.1, -0.05) is 115 Å². The summed E-state index contributed by atoms with van der Waals surface area (Å²) in [5.74, 6) is 0.694. The van der Waals surface area contributed by atoms with Crippen LogP contribution in [0.5, 0.6) is 0 Å². The van der Waals surface area contributed by atoms with E-state index in [1.54, 1.807) is 0 Å². The molecule has 0 atom stereocenters. The van der Waals surface area contributed by atoms with E-state index in [-0.39, 0.29) is 0 Å². The zero-order chi connectivity index (χ0) is 28.3. The van der Waals surface area contributed by atoms with Crippen molar-refractivity contribution in [2.45, 2.75) is 0 Å². The lowest BCUT2D eigenvalue weighted by atomic mass is 9.92. The molecule has 0 fully saturated rings. The second-order valence-electron chi connectivity index (χ2n) is 11.0. The second kappa shape index (κ2) is 9.37. The molecule has 3 nitrogen and oxygen atoms in total.